The average molecular weight is 472 g/mol. The lowest BCUT2D eigenvalue weighted by Gasteiger charge is -2.47. The molecule has 0 unspecified atom stereocenters. The zero-order valence-corrected chi connectivity index (χ0v) is 19.6. The summed E-state index contributed by atoms with van der Waals surface area (Å²) in [6.07, 6.45) is -0.965. The summed E-state index contributed by atoms with van der Waals surface area (Å²) in [5.74, 6) is -2.61. The maximum Gasteiger partial charge on any atom is 0.357 e. The summed E-state index contributed by atoms with van der Waals surface area (Å²) in [5.41, 5.74) is -1.30. The minimum absolute atomic E-state index is 0.115. The lowest BCUT2D eigenvalue weighted by atomic mass is 9.92. The van der Waals surface area contributed by atoms with Gasteiger partial charge in [0.1, 0.15) is 11.6 Å². The Hall–Kier alpha value is -2.04. The molecule has 0 saturated carbocycles. The van der Waals surface area contributed by atoms with Crippen LogP contribution in [0, 0.1) is 17.2 Å². The van der Waals surface area contributed by atoms with E-state index in [9.17, 15) is 29.0 Å². The van der Waals surface area contributed by atoms with Gasteiger partial charge in [0.2, 0.25) is 11.0 Å². The van der Waals surface area contributed by atoms with Crippen molar-refractivity contribution in [1.82, 2.24) is 4.90 Å². The number of amides is 1. The first-order valence-corrected chi connectivity index (χ1v) is 11.5. The number of rotatable bonds is 8. The first-order chi connectivity index (χ1) is 14.4. The standard InChI is InChI=1S/C21H26FNO6S2/c1-6-30-17-14(11(2)24)16(25)23(17)15(18(26)27)19(31-20(28)21(3,4)5)29-13-9-7-12(22)8-10-13/h7-11,14,17,24H,6H2,1-5H3,(H,26,27)/t11-,14+,17-/m1/s1. The lowest BCUT2D eigenvalue weighted by molar-refractivity contribution is -0.157. The summed E-state index contributed by atoms with van der Waals surface area (Å²) in [6.45, 7) is 8.34. The molecule has 0 radical (unpaired) electrons. The van der Waals surface area contributed by atoms with Crippen LogP contribution in [0.5, 0.6) is 5.75 Å². The molecule has 1 heterocycles. The van der Waals surface area contributed by atoms with E-state index in [1.165, 1.54) is 30.8 Å². The van der Waals surface area contributed by atoms with E-state index in [1.54, 1.807) is 20.8 Å². The van der Waals surface area contributed by atoms with E-state index < -0.39 is 46.2 Å². The molecular weight excluding hydrogens is 445 g/mol. The molecule has 0 aliphatic carbocycles. The molecule has 2 rings (SSSR count). The molecule has 1 fully saturated rings. The van der Waals surface area contributed by atoms with Crippen LogP contribution in [0.2, 0.25) is 0 Å². The van der Waals surface area contributed by atoms with Crippen molar-refractivity contribution in [2.75, 3.05) is 5.75 Å². The smallest absolute Gasteiger partial charge is 0.357 e. The molecule has 1 aliphatic rings. The molecule has 0 spiro atoms. The van der Waals surface area contributed by atoms with E-state index in [2.05, 4.69) is 0 Å². The van der Waals surface area contributed by atoms with Crippen LogP contribution in [0.15, 0.2) is 35.1 Å². The highest BCUT2D eigenvalue weighted by Gasteiger charge is 2.54. The third-order valence-corrected chi connectivity index (χ3v) is 6.84. The number of aliphatic carboxylic acids is 1. The first kappa shape index (κ1) is 25.2. The van der Waals surface area contributed by atoms with Crippen LogP contribution in [-0.4, -0.2) is 49.3 Å². The van der Waals surface area contributed by atoms with Crippen LogP contribution in [0.4, 0.5) is 4.39 Å². The number of carboxylic acids is 1. The number of hydrogen-bond acceptors (Lipinski definition) is 7. The highest BCUT2D eigenvalue weighted by molar-refractivity contribution is 8.16. The summed E-state index contributed by atoms with van der Waals surface area (Å²) >= 11 is 1.89. The number of likely N-dealkylation sites (tertiary alicyclic amines) is 1. The Balaban J connectivity index is 2.57. The number of aliphatic hydroxyl groups excluding tert-OH is 1. The second kappa shape index (κ2) is 10.1. The molecule has 170 valence electrons. The van der Waals surface area contributed by atoms with Crippen LogP contribution in [-0.2, 0) is 14.4 Å². The third kappa shape index (κ3) is 5.81. The number of β-lactam (4-membered cyclic amide) rings is 1. The van der Waals surface area contributed by atoms with Crippen molar-refractivity contribution in [1.29, 1.82) is 0 Å². The van der Waals surface area contributed by atoms with Crippen LogP contribution in [0.1, 0.15) is 34.6 Å². The number of aliphatic hydroxyl groups is 1. The predicted molar refractivity (Wildman–Crippen MR) is 118 cm³/mol. The Morgan fingerprint density at radius 3 is 2.29 bits per heavy atom. The number of carbonyl (C=O) groups is 3. The number of hydrogen-bond donors (Lipinski definition) is 2. The molecule has 7 nitrogen and oxygen atoms in total. The molecule has 1 aromatic carbocycles. The molecular formula is C21H26FNO6S2. The summed E-state index contributed by atoms with van der Waals surface area (Å²) in [4.78, 5) is 38.7. The summed E-state index contributed by atoms with van der Waals surface area (Å²) < 4.78 is 19.0. The molecule has 1 aromatic rings. The van der Waals surface area contributed by atoms with Crippen molar-refractivity contribution >= 4 is 40.5 Å². The van der Waals surface area contributed by atoms with Crippen molar-refractivity contribution in [2.45, 2.75) is 46.1 Å². The number of nitrogens with zero attached hydrogens (tertiary/aromatic N) is 1. The van der Waals surface area contributed by atoms with E-state index in [0.29, 0.717) is 17.5 Å². The highest BCUT2D eigenvalue weighted by Crippen LogP contribution is 2.43. The molecule has 31 heavy (non-hydrogen) atoms. The van der Waals surface area contributed by atoms with E-state index in [1.807, 2.05) is 6.92 Å². The van der Waals surface area contributed by atoms with Gasteiger partial charge in [-0.3, -0.25) is 14.5 Å². The van der Waals surface area contributed by atoms with Gasteiger partial charge in [-0.05, 0) is 48.7 Å². The van der Waals surface area contributed by atoms with E-state index in [0.717, 1.165) is 17.0 Å². The number of ether oxygens (including phenoxy) is 1. The largest absolute Gasteiger partial charge is 0.476 e. The summed E-state index contributed by atoms with van der Waals surface area (Å²) in [7, 11) is 0. The third-order valence-electron chi connectivity index (χ3n) is 4.40. The second-order valence-corrected chi connectivity index (χ2v) is 10.3. The van der Waals surface area contributed by atoms with Crippen molar-refractivity contribution in [3.8, 4) is 5.75 Å². The number of thioether (sulfide) groups is 2. The predicted octanol–water partition coefficient (Wildman–Crippen LogP) is 3.68. The minimum atomic E-state index is -1.45. The van der Waals surface area contributed by atoms with E-state index >= 15 is 0 Å². The van der Waals surface area contributed by atoms with Gasteiger partial charge in [0, 0.05) is 5.41 Å². The summed E-state index contributed by atoms with van der Waals surface area (Å²) in [6, 6.07) is 4.87. The van der Waals surface area contributed by atoms with Gasteiger partial charge in [0.25, 0.3) is 0 Å². The normalized spacial score (nSPS) is 20.6. The molecule has 0 bridgehead atoms. The minimum Gasteiger partial charge on any atom is -0.476 e. The fourth-order valence-corrected chi connectivity index (χ4v) is 4.92. The zero-order chi connectivity index (χ0) is 23.5. The summed E-state index contributed by atoms with van der Waals surface area (Å²) in [5, 5.41) is 18.6. The molecule has 2 N–H and O–H groups in total. The van der Waals surface area contributed by atoms with Gasteiger partial charge in [-0.1, -0.05) is 27.7 Å². The molecule has 1 amide bonds. The van der Waals surface area contributed by atoms with Gasteiger partial charge in [0.15, 0.2) is 10.8 Å². The zero-order valence-electron chi connectivity index (χ0n) is 17.9. The van der Waals surface area contributed by atoms with Gasteiger partial charge < -0.3 is 14.9 Å². The van der Waals surface area contributed by atoms with Gasteiger partial charge in [-0.15, -0.1) is 11.8 Å². The first-order valence-electron chi connectivity index (χ1n) is 9.64. The number of benzene rings is 1. The Kier molecular flexibility index (Phi) is 8.18. The van der Waals surface area contributed by atoms with E-state index in [-0.39, 0.29) is 16.0 Å². The number of carboxylic acid groups (broad SMARTS) is 1. The monoisotopic (exact) mass is 471 g/mol. The van der Waals surface area contributed by atoms with Gasteiger partial charge >= 0.3 is 5.97 Å². The Morgan fingerprint density at radius 1 is 1.26 bits per heavy atom. The second-order valence-electron chi connectivity index (χ2n) is 7.96. The van der Waals surface area contributed by atoms with Crippen LogP contribution in [0.3, 0.4) is 0 Å². The number of halogens is 1. The lowest BCUT2D eigenvalue weighted by Crippen LogP contribution is -2.63. The van der Waals surface area contributed by atoms with Crippen LogP contribution in [0.25, 0.3) is 0 Å². The average Bonchev–Trinajstić information content (AvgIpc) is 2.65. The van der Waals surface area contributed by atoms with Crippen LogP contribution >= 0.6 is 23.5 Å². The van der Waals surface area contributed by atoms with Crippen LogP contribution < -0.4 is 4.74 Å². The highest BCUT2D eigenvalue weighted by atomic mass is 32.2. The van der Waals surface area contributed by atoms with Gasteiger partial charge in [0.05, 0.1) is 17.4 Å². The topological polar surface area (TPSA) is 104 Å². The van der Waals surface area contributed by atoms with Crippen molar-refractivity contribution in [3.05, 3.63) is 40.9 Å². The fraction of sp³-hybridized carbons (Fsp3) is 0.476. The van der Waals surface area contributed by atoms with Crippen molar-refractivity contribution in [3.63, 3.8) is 0 Å². The Bertz CT molecular complexity index is 879. The maximum absolute atomic E-state index is 13.3. The SMILES string of the molecule is CCS[C@@H]1[C@@H]([C@@H](C)O)C(=O)N1C(C(=O)O)=C(Oc1ccc(F)cc1)SC(=O)C(C)(C)C. The van der Waals surface area contributed by atoms with Crippen molar-refractivity contribution < 1.29 is 33.7 Å². The molecule has 10 heteroatoms. The number of carbonyl (C=O) groups excluding carboxylic acids is 2. The molecule has 3 atom stereocenters. The molecule has 1 aliphatic heterocycles. The van der Waals surface area contributed by atoms with Crippen molar-refractivity contribution in [2.24, 2.45) is 11.3 Å². The molecule has 1 saturated heterocycles. The van der Waals surface area contributed by atoms with Gasteiger partial charge in [-0.25, -0.2) is 9.18 Å². The maximum atomic E-state index is 13.3. The fourth-order valence-electron chi connectivity index (χ4n) is 2.77. The van der Waals surface area contributed by atoms with E-state index in [4.69, 9.17) is 4.74 Å². The molecule has 0 aromatic heterocycles. The quantitative estimate of drug-likeness (QED) is 0.336. The Morgan fingerprint density at radius 2 is 1.84 bits per heavy atom. The van der Waals surface area contributed by atoms with Gasteiger partial charge in [-0.2, -0.15) is 0 Å². The Labute approximate surface area is 189 Å².